The Morgan fingerprint density at radius 2 is 2.11 bits per heavy atom. The predicted molar refractivity (Wildman–Crippen MR) is 64.9 cm³/mol. The van der Waals surface area contributed by atoms with E-state index in [-0.39, 0.29) is 17.3 Å². The Balaban J connectivity index is 2.34. The molecule has 3 nitrogen and oxygen atoms in total. The van der Waals surface area contributed by atoms with Crippen molar-refractivity contribution < 1.29 is 18.3 Å². The van der Waals surface area contributed by atoms with E-state index in [2.05, 4.69) is 5.32 Å². The first-order valence-electron chi connectivity index (χ1n) is 6.03. The molecule has 102 valence electrons. The van der Waals surface area contributed by atoms with Crippen molar-refractivity contribution in [1.29, 1.82) is 0 Å². The Hall–Kier alpha value is -1.69. The normalized spacial score (nSPS) is 19.7. The Morgan fingerprint density at radius 3 is 2.79 bits per heavy atom. The van der Waals surface area contributed by atoms with E-state index in [1.165, 1.54) is 6.07 Å². The summed E-state index contributed by atoms with van der Waals surface area (Å²) in [4.78, 5) is 0. The minimum Gasteiger partial charge on any atom is -0.494 e. The molecule has 19 heavy (non-hydrogen) atoms. The lowest BCUT2D eigenvalue weighted by atomic mass is 10.1. The number of rotatable bonds is 0. The van der Waals surface area contributed by atoms with Crippen LogP contribution in [0.1, 0.15) is 18.2 Å². The molecule has 1 aliphatic heterocycles. The van der Waals surface area contributed by atoms with Crippen LogP contribution in [0, 0.1) is 0 Å². The lowest BCUT2D eigenvalue weighted by molar-refractivity contribution is -0.136. The highest BCUT2D eigenvalue weighted by molar-refractivity contribution is 5.94. The van der Waals surface area contributed by atoms with Gasteiger partial charge in [-0.3, -0.25) is 0 Å². The van der Waals surface area contributed by atoms with Gasteiger partial charge in [0.25, 0.3) is 0 Å². The lowest BCUT2D eigenvalue weighted by Crippen LogP contribution is -2.36. The molecule has 1 aromatic carbocycles. The van der Waals surface area contributed by atoms with Gasteiger partial charge in [-0.05, 0) is 13.0 Å². The van der Waals surface area contributed by atoms with Crippen molar-refractivity contribution in [3.05, 3.63) is 29.5 Å². The van der Waals surface area contributed by atoms with Crippen LogP contribution in [0.4, 0.5) is 13.2 Å². The Kier molecular flexibility index (Phi) is 2.53. The quantitative estimate of drug-likeness (QED) is 0.772. The second-order valence-corrected chi connectivity index (χ2v) is 4.89. The molecule has 0 fully saturated rings. The number of hydrogen-bond donors (Lipinski definition) is 2. The first-order chi connectivity index (χ1) is 8.89. The molecule has 1 aromatic heterocycles. The van der Waals surface area contributed by atoms with Crippen LogP contribution in [0.3, 0.4) is 0 Å². The molecule has 6 heteroatoms. The van der Waals surface area contributed by atoms with E-state index in [4.69, 9.17) is 0 Å². The third-order valence-corrected chi connectivity index (χ3v) is 3.56. The minimum absolute atomic E-state index is 0.0964. The van der Waals surface area contributed by atoms with Crippen molar-refractivity contribution >= 4 is 10.8 Å². The van der Waals surface area contributed by atoms with Gasteiger partial charge in [0.05, 0.1) is 10.9 Å². The average molecular weight is 270 g/mol. The Morgan fingerprint density at radius 1 is 1.37 bits per heavy atom. The van der Waals surface area contributed by atoms with E-state index < -0.39 is 11.7 Å². The number of alkyl halides is 3. The fraction of sp³-hybridized carbons (Fsp3) is 0.385. The molecule has 0 aliphatic carbocycles. The SMILES string of the molecule is C[C@@H]1Cn2c(c3cccc(C(F)(F)F)c3c2O)CN1. The maximum absolute atomic E-state index is 13.0. The Bertz CT molecular complexity index is 645. The van der Waals surface area contributed by atoms with Crippen LogP contribution in [-0.4, -0.2) is 15.7 Å². The lowest BCUT2D eigenvalue weighted by Gasteiger charge is -2.23. The van der Waals surface area contributed by atoms with Crippen LogP contribution >= 0.6 is 0 Å². The molecule has 3 rings (SSSR count). The molecule has 2 aromatic rings. The van der Waals surface area contributed by atoms with E-state index in [0.29, 0.717) is 24.2 Å². The van der Waals surface area contributed by atoms with Crippen molar-refractivity contribution in [2.75, 3.05) is 0 Å². The molecule has 0 saturated heterocycles. The summed E-state index contributed by atoms with van der Waals surface area (Å²) in [6.45, 7) is 2.85. The summed E-state index contributed by atoms with van der Waals surface area (Å²) in [5.41, 5.74) is -0.0752. The van der Waals surface area contributed by atoms with Crippen molar-refractivity contribution in [2.45, 2.75) is 32.2 Å². The second-order valence-electron chi connectivity index (χ2n) is 4.89. The number of fused-ring (bicyclic) bond motifs is 3. The average Bonchev–Trinajstić information content (AvgIpc) is 2.62. The molecule has 0 amide bonds. The molecule has 0 unspecified atom stereocenters. The number of halogens is 3. The summed E-state index contributed by atoms with van der Waals surface area (Å²) in [7, 11) is 0. The topological polar surface area (TPSA) is 37.2 Å². The van der Waals surface area contributed by atoms with Gasteiger partial charge in [-0.25, -0.2) is 0 Å². The summed E-state index contributed by atoms with van der Waals surface area (Å²) in [6.07, 6.45) is -4.46. The van der Waals surface area contributed by atoms with Crippen LogP contribution in [0.2, 0.25) is 0 Å². The molecular weight excluding hydrogens is 257 g/mol. The van der Waals surface area contributed by atoms with Crippen LogP contribution in [0.15, 0.2) is 18.2 Å². The third kappa shape index (κ3) is 1.78. The fourth-order valence-corrected chi connectivity index (χ4v) is 2.67. The van der Waals surface area contributed by atoms with Gasteiger partial charge in [0.2, 0.25) is 0 Å². The van der Waals surface area contributed by atoms with E-state index in [1.54, 1.807) is 10.6 Å². The zero-order chi connectivity index (χ0) is 13.8. The van der Waals surface area contributed by atoms with Crippen LogP contribution < -0.4 is 5.32 Å². The predicted octanol–water partition coefficient (Wildman–Crippen LogP) is 2.86. The smallest absolute Gasteiger partial charge is 0.417 e. The van der Waals surface area contributed by atoms with Crippen LogP contribution in [0.25, 0.3) is 10.8 Å². The van der Waals surface area contributed by atoms with Gasteiger partial charge in [-0.2, -0.15) is 13.2 Å². The van der Waals surface area contributed by atoms with Gasteiger partial charge in [-0.1, -0.05) is 12.1 Å². The van der Waals surface area contributed by atoms with Gasteiger partial charge in [-0.15, -0.1) is 0 Å². The molecule has 0 bridgehead atoms. The monoisotopic (exact) mass is 270 g/mol. The first kappa shape index (κ1) is 12.3. The fourth-order valence-electron chi connectivity index (χ4n) is 2.67. The molecular formula is C13H13F3N2O. The summed E-state index contributed by atoms with van der Waals surface area (Å²) in [5, 5.41) is 13.7. The first-order valence-corrected chi connectivity index (χ1v) is 6.03. The van der Waals surface area contributed by atoms with Crippen molar-refractivity contribution in [1.82, 2.24) is 9.88 Å². The Labute approximate surface area is 107 Å². The number of aromatic nitrogens is 1. The zero-order valence-electron chi connectivity index (χ0n) is 10.3. The maximum Gasteiger partial charge on any atom is 0.417 e. The molecule has 1 atom stereocenters. The number of nitrogens with zero attached hydrogens (tertiary/aromatic N) is 1. The van der Waals surface area contributed by atoms with Gasteiger partial charge in [0.15, 0.2) is 5.88 Å². The number of aromatic hydroxyl groups is 1. The number of benzene rings is 1. The summed E-state index contributed by atoms with van der Waals surface area (Å²) >= 11 is 0. The van der Waals surface area contributed by atoms with Crippen LogP contribution in [-0.2, 0) is 19.3 Å². The molecule has 0 spiro atoms. The van der Waals surface area contributed by atoms with Gasteiger partial charge in [0.1, 0.15) is 0 Å². The molecule has 2 N–H and O–H groups in total. The van der Waals surface area contributed by atoms with Gasteiger partial charge in [0, 0.05) is 30.2 Å². The largest absolute Gasteiger partial charge is 0.494 e. The molecule has 1 aliphatic rings. The van der Waals surface area contributed by atoms with Crippen molar-refractivity contribution in [2.24, 2.45) is 0 Å². The number of nitrogens with one attached hydrogen (secondary N) is 1. The molecule has 2 heterocycles. The van der Waals surface area contributed by atoms with E-state index >= 15 is 0 Å². The minimum atomic E-state index is -4.46. The number of hydrogen-bond acceptors (Lipinski definition) is 2. The highest BCUT2D eigenvalue weighted by Crippen LogP contribution is 2.42. The zero-order valence-corrected chi connectivity index (χ0v) is 10.3. The van der Waals surface area contributed by atoms with E-state index in [9.17, 15) is 18.3 Å². The summed E-state index contributed by atoms with van der Waals surface area (Å²) in [6, 6.07) is 4.12. The second kappa shape index (κ2) is 3.90. The summed E-state index contributed by atoms with van der Waals surface area (Å²) in [5.74, 6) is -0.286. The van der Waals surface area contributed by atoms with Crippen molar-refractivity contribution in [3.63, 3.8) is 0 Å². The molecule has 0 saturated carbocycles. The van der Waals surface area contributed by atoms with Gasteiger partial charge >= 0.3 is 6.18 Å². The van der Waals surface area contributed by atoms with Gasteiger partial charge < -0.3 is 15.0 Å². The van der Waals surface area contributed by atoms with Crippen molar-refractivity contribution in [3.8, 4) is 5.88 Å². The highest BCUT2D eigenvalue weighted by Gasteiger charge is 2.36. The highest BCUT2D eigenvalue weighted by atomic mass is 19.4. The molecule has 0 radical (unpaired) electrons. The summed E-state index contributed by atoms with van der Waals surface area (Å²) < 4.78 is 40.6. The standard InChI is InChI=1S/C13H13F3N2O/c1-7-6-18-10(5-17-7)8-3-2-4-9(13(14,15)16)11(8)12(18)19/h2-4,7,17,19H,5-6H2,1H3/t7-/m1/s1. The van der Waals surface area contributed by atoms with E-state index in [0.717, 1.165) is 6.07 Å². The van der Waals surface area contributed by atoms with Crippen LogP contribution in [0.5, 0.6) is 5.88 Å². The third-order valence-electron chi connectivity index (χ3n) is 3.56. The maximum atomic E-state index is 13.0. The van der Waals surface area contributed by atoms with E-state index in [1.807, 2.05) is 6.92 Å².